The van der Waals surface area contributed by atoms with Gasteiger partial charge in [-0.1, -0.05) is 0 Å². The number of nitrogens with zero attached hydrogens (tertiary/aromatic N) is 2. The maximum atomic E-state index is 10.5. The second-order valence-corrected chi connectivity index (χ2v) is 5.27. The van der Waals surface area contributed by atoms with E-state index in [4.69, 9.17) is 9.66 Å². The zero-order valence-electron chi connectivity index (χ0n) is 10.7. The Morgan fingerprint density at radius 2 is 1.50 bits per heavy atom. The molecule has 0 bridgehead atoms. The summed E-state index contributed by atoms with van der Waals surface area (Å²) in [5.41, 5.74) is 0. The summed E-state index contributed by atoms with van der Waals surface area (Å²) in [5, 5.41) is 8.73. The van der Waals surface area contributed by atoms with E-state index in [0.717, 1.165) is 26.2 Å². The number of β-amino-alcohol motifs (C(OH)–C–C–N with tert-alkyl or cyclic N) is 1. The van der Waals surface area contributed by atoms with E-state index in [9.17, 15) is 8.42 Å². The molecule has 0 saturated carbocycles. The molecule has 2 N–H and O–H groups in total. The van der Waals surface area contributed by atoms with Gasteiger partial charge in [0.25, 0.3) is 10.1 Å². The molecule has 8 heteroatoms. The Balaban J connectivity index is 0. The average Bonchev–Trinajstić information content (AvgIpc) is 2.16. The van der Waals surface area contributed by atoms with Gasteiger partial charge in [-0.15, -0.1) is 0 Å². The van der Waals surface area contributed by atoms with Crippen LogP contribution in [0.1, 0.15) is 1.43 Å². The van der Waals surface area contributed by atoms with E-state index < -0.39 is 10.1 Å². The van der Waals surface area contributed by atoms with Crippen molar-refractivity contribution in [3.8, 4) is 0 Å². The van der Waals surface area contributed by atoms with Crippen LogP contribution in [0.4, 0.5) is 0 Å². The van der Waals surface area contributed by atoms with Gasteiger partial charge in [0.15, 0.2) is 0 Å². The minimum atomic E-state index is -3.84. The molecule has 92 valence electrons. The molecule has 0 aliphatic carbocycles. The van der Waals surface area contributed by atoms with Gasteiger partial charge in [-0.2, -0.15) is 8.42 Å². The van der Waals surface area contributed by atoms with Crippen LogP contribution in [0.3, 0.4) is 0 Å². The Hall–Kier alpha value is 1.84. The van der Waals surface area contributed by atoms with Crippen molar-refractivity contribution in [3.05, 3.63) is 0 Å². The third-order valence-electron chi connectivity index (χ3n) is 2.55. The summed E-state index contributed by atoms with van der Waals surface area (Å²) >= 11 is 0. The van der Waals surface area contributed by atoms with Crippen LogP contribution in [0.5, 0.6) is 0 Å². The van der Waals surface area contributed by atoms with Gasteiger partial charge in [0, 0.05) is 39.3 Å². The normalized spacial score (nSPS) is 19.4. The van der Waals surface area contributed by atoms with E-state index >= 15 is 0 Å². The number of hydrogen-bond donors (Lipinski definition) is 2. The smallest absolute Gasteiger partial charge is 1.00 e. The SMILES string of the molecule is O=S(=O)(O)CCN1CCN(CCO)CC1.[Cs+].[H-]. The Morgan fingerprint density at radius 3 is 1.88 bits per heavy atom. The molecule has 1 aliphatic rings. The summed E-state index contributed by atoms with van der Waals surface area (Å²) in [6.07, 6.45) is 0. The fourth-order valence-electron chi connectivity index (χ4n) is 1.62. The maximum absolute atomic E-state index is 10.5. The minimum absolute atomic E-state index is 0. The number of hydrogen-bond acceptors (Lipinski definition) is 5. The molecule has 0 spiro atoms. The summed E-state index contributed by atoms with van der Waals surface area (Å²) in [6, 6.07) is 0. The number of rotatable bonds is 5. The standard InChI is InChI=1S/C8H18N2O4S.Cs.H/c11-7-5-9-1-3-10(4-2-9)6-8-15(12,13)14;;/h11H,1-8H2,(H,12,13,14);;/q;+1;-1. The van der Waals surface area contributed by atoms with Crippen molar-refractivity contribution in [1.82, 2.24) is 9.80 Å². The minimum Gasteiger partial charge on any atom is -1.00 e. The first-order valence-electron chi connectivity index (χ1n) is 5.02. The van der Waals surface area contributed by atoms with Crippen LogP contribution >= 0.6 is 0 Å². The van der Waals surface area contributed by atoms with Crippen molar-refractivity contribution in [2.45, 2.75) is 0 Å². The molecule has 1 aliphatic heterocycles. The average molecular weight is 372 g/mol. The van der Waals surface area contributed by atoms with Crippen molar-refractivity contribution in [2.24, 2.45) is 0 Å². The molecule has 0 aromatic rings. The van der Waals surface area contributed by atoms with E-state index in [1.54, 1.807) is 0 Å². The molecule has 0 aromatic carbocycles. The van der Waals surface area contributed by atoms with Gasteiger partial charge in [-0.05, 0) is 0 Å². The zero-order chi connectivity index (χ0) is 11.3. The van der Waals surface area contributed by atoms with E-state index in [-0.39, 0.29) is 82.7 Å². The maximum Gasteiger partial charge on any atom is 1.00 e. The van der Waals surface area contributed by atoms with Gasteiger partial charge in [0.2, 0.25) is 0 Å². The third kappa shape index (κ3) is 8.03. The van der Waals surface area contributed by atoms with Crippen LogP contribution in [0.25, 0.3) is 0 Å². The van der Waals surface area contributed by atoms with Crippen LogP contribution in [-0.4, -0.2) is 79.5 Å². The van der Waals surface area contributed by atoms with Crippen molar-refractivity contribution >= 4 is 10.1 Å². The van der Waals surface area contributed by atoms with Crippen LogP contribution in [0, 0.1) is 0 Å². The molecule has 1 saturated heterocycles. The topological polar surface area (TPSA) is 81.1 Å². The Bertz CT molecular complexity index is 283. The van der Waals surface area contributed by atoms with Crippen molar-refractivity contribution in [1.29, 1.82) is 0 Å². The molecule has 1 heterocycles. The fourth-order valence-corrected chi connectivity index (χ4v) is 2.11. The first-order chi connectivity index (χ1) is 7.01. The van der Waals surface area contributed by atoms with E-state index in [2.05, 4.69) is 4.90 Å². The summed E-state index contributed by atoms with van der Waals surface area (Å²) < 4.78 is 29.6. The van der Waals surface area contributed by atoms with Gasteiger partial charge in [0.05, 0.1) is 12.4 Å². The van der Waals surface area contributed by atoms with Crippen LogP contribution in [0.2, 0.25) is 0 Å². The van der Waals surface area contributed by atoms with Gasteiger partial charge >= 0.3 is 68.9 Å². The quantitative estimate of drug-likeness (QED) is 0.475. The van der Waals surface area contributed by atoms with E-state index in [0.29, 0.717) is 13.1 Å². The van der Waals surface area contributed by atoms with Crippen LogP contribution in [-0.2, 0) is 10.1 Å². The molecule has 16 heavy (non-hydrogen) atoms. The molecule has 0 atom stereocenters. The van der Waals surface area contributed by atoms with Crippen molar-refractivity contribution < 1.29 is 88.4 Å². The monoisotopic (exact) mass is 372 g/mol. The summed E-state index contributed by atoms with van der Waals surface area (Å²) in [7, 11) is -3.84. The van der Waals surface area contributed by atoms with Gasteiger partial charge in [-0.3, -0.25) is 14.4 Å². The van der Waals surface area contributed by atoms with Crippen molar-refractivity contribution in [3.63, 3.8) is 0 Å². The molecular weight excluding hydrogens is 353 g/mol. The molecule has 0 radical (unpaired) electrons. The third-order valence-corrected chi connectivity index (χ3v) is 3.25. The summed E-state index contributed by atoms with van der Waals surface area (Å²) in [5.74, 6) is -0.201. The van der Waals surface area contributed by atoms with Gasteiger partial charge < -0.3 is 6.53 Å². The number of piperazine rings is 1. The molecule has 1 rings (SSSR count). The first-order valence-corrected chi connectivity index (χ1v) is 6.63. The van der Waals surface area contributed by atoms with Crippen LogP contribution in [0.15, 0.2) is 0 Å². The molecule has 0 aromatic heterocycles. The Morgan fingerprint density at radius 1 is 1.06 bits per heavy atom. The zero-order valence-corrected chi connectivity index (χ0v) is 16.8. The molecule has 6 nitrogen and oxygen atoms in total. The summed E-state index contributed by atoms with van der Waals surface area (Å²) in [6.45, 7) is 4.46. The van der Waals surface area contributed by atoms with Gasteiger partial charge in [-0.25, -0.2) is 0 Å². The fraction of sp³-hybridized carbons (Fsp3) is 1.00. The number of aliphatic hydroxyl groups excluding tert-OH is 1. The Labute approximate surface area is 157 Å². The molecule has 0 unspecified atom stereocenters. The first kappa shape index (κ1) is 17.8. The second kappa shape index (κ2) is 8.86. The molecular formula is C8H19CsN2O4S. The largest absolute Gasteiger partial charge is 1.00 e. The van der Waals surface area contributed by atoms with Gasteiger partial charge in [0.1, 0.15) is 0 Å². The predicted molar refractivity (Wildman–Crippen MR) is 57.5 cm³/mol. The molecule has 0 amide bonds. The number of aliphatic hydroxyl groups is 1. The predicted octanol–water partition coefficient (Wildman–Crippen LogP) is -4.40. The second-order valence-electron chi connectivity index (χ2n) is 3.69. The van der Waals surface area contributed by atoms with E-state index in [1.165, 1.54) is 0 Å². The van der Waals surface area contributed by atoms with Crippen LogP contribution < -0.4 is 68.9 Å². The Kier molecular flexibility index (Phi) is 9.88. The van der Waals surface area contributed by atoms with E-state index in [1.807, 2.05) is 4.90 Å². The summed E-state index contributed by atoms with van der Waals surface area (Å²) in [4.78, 5) is 4.13. The van der Waals surface area contributed by atoms with Crippen molar-refractivity contribution in [2.75, 3.05) is 51.6 Å². The molecule has 1 fully saturated rings.